The van der Waals surface area contributed by atoms with Crippen LogP contribution in [0.15, 0.2) is 69.6 Å². The second-order valence-corrected chi connectivity index (χ2v) is 8.79. The average molecular weight is 494 g/mol. The van der Waals surface area contributed by atoms with Gasteiger partial charge in [0.25, 0.3) is 5.91 Å². The van der Waals surface area contributed by atoms with Crippen LogP contribution in [0, 0.1) is 0 Å². The maximum Gasteiger partial charge on any atom is 0.279 e. The number of benzene rings is 2. The number of primary sulfonamides is 1. The van der Waals surface area contributed by atoms with Crippen LogP contribution in [-0.4, -0.2) is 31.7 Å². The first kappa shape index (κ1) is 21.1. The van der Waals surface area contributed by atoms with Gasteiger partial charge < -0.3 is 10.2 Å². The van der Waals surface area contributed by atoms with Gasteiger partial charge in [0.05, 0.1) is 11.4 Å². The van der Waals surface area contributed by atoms with E-state index in [2.05, 4.69) is 38.4 Å². The number of nitrogens with one attached hydrogen (secondary N) is 2. The number of para-hydroxylation sites is 1. The highest BCUT2D eigenvalue weighted by molar-refractivity contribution is 9.10. The molecule has 2 aromatic carbocycles. The lowest BCUT2D eigenvalue weighted by Crippen LogP contribution is -2.32. The zero-order valence-electron chi connectivity index (χ0n) is 14.9. The van der Waals surface area contributed by atoms with Gasteiger partial charge in [-0.3, -0.25) is 10.2 Å². The number of nitrogens with two attached hydrogens (primary N) is 1. The molecule has 29 heavy (non-hydrogen) atoms. The van der Waals surface area contributed by atoms with Gasteiger partial charge in [0.2, 0.25) is 10.0 Å². The summed E-state index contributed by atoms with van der Waals surface area (Å²) in [5.41, 5.74) is 4.30. The zero-order valence-corrected chi connectivity index (χ0v) is 18.1. The SMILES string of the molecule is C=CCN1C(=O)C(=NNC(=S)Nc2ccccc2S(N)(=O)=O)c2cc(Br)ccc21. The molecule has 0 fully saturated rings. The highest BCUT2D eigenvalue weighted by Gasteiger charge is 2.33. The molecule has 0 unspecified atom stereocenters. The van der Waals surface area contributed by atoms with Crippen LogP contribution in [0.3, 0.4) is 0 Å². The molecule has 11 heteroatoms. The van der Waals surface area contributed by atoms with E-state index < -0.39 is 10.0 Å². The van der Waals surface area contributed by atoms with Crippen LogP contribution in [0.5, 0.6) is 0 Å². The third-order valence-corrected chi connectivity index (χ3v) is 5.63. The standard InChI is InChI=1S/C18H16BrN5O3S2/c1-2-9-24-14-8-7-11(19)10-12(14)16(17(24)25)22-23-18(28)21-13-5-3-4-6-15(13)29(20,26)27/h2-8,10H,1,9H2,(H2,20,26,27)(H2,21,23,28). The van der Waals surface area contributed by atoms with E-state index in [0.29, 0.717) is 17.8 Å². The fraction of sp³-hybridized carbons (Fsp3) is 0.0556. The number of rotatable bonds is 5. The number of hydrazone groups is 1. The molecule has 2 aromatic rings. The number of sulfonamides is 1. The summed E-state index contributed by atoms with van der Waals surface area (Å²) in [6.07, 6.45) is 1.62. The monoisotopic (exact) mass is 493 g/mol. The first-order chi connectivity index (χ1) is 13.7. The van der Waals surface area contributed by atoms with E-state index in [4.69, 9.17) is 17.4 Å². The molecule has 0 spiro atoms. The predicted molar refractivity (Wildman–Crippen MR) is 120 cm³/mol. The number of anilines is 2. The number of carbonyl (C=O) groups is 1. The molecule has 1 amide bonds. The number of hydrogen-bond donors (Lipinski definition) is 3. The molecular weight excluding hydrogens is 478 g/mol. The first-order valence-electron chi connectivity index (χ1n) is 8.21. The van der Waals surface area contributed by atoms with Gasteiger partial charge in [-0.15, -0.1) is 6.58 Å². The Morgan fingerprint density at radius 1 is 1.31 bits per heavy atom. The van der Waals surface area contributed by atoms with Crippen molar-refractivity contribution < 1.29 is 13.2 Å². The molecular formula is C18H16BrN5O3S2. The number of amides is 1. The van der Waals surface area contributed by atoms with Crippen LogP contribution in [0.25, 0.3) is 0 Å². The van der Waals surface area contributed by atoms with Gasteiger partial charge in [-0.05, 0) is 42.5 Å². The summed E-state index contributed by atoms with van der Waals surface area (Å²) in [5.74, 6) is -0.307. The summed E-state index contributed by atoms with van der Waals surface area (Å²) in [7, 11) is -3.94. The predicted octanol–water partition coefficient (Wildman–Crippen LogP) is 2.32. The van der Waals surface area contributed by atoms with Crippen LogP contribution in [-0.2, 0) is 14.8 Å². The van der Waals surface area contributed by atoms with E-state index in [1.165, 1.54) is 12.1 Å². The fourth-order valence-corrected chi connectivity index (χ4v) is 3.99. The molecule has 3 rings (SSSR count). The zero-order chi connectivity index (χ0) is 21.2. The number of nitrogens with zero attached hydrogens (tertiary/aromatic N) is 2. The molecule has 8 nitrogen and oxygen atoms in total. The largest absolute Gasteiger partial charge is 0.330 e. The van der Waals surface area contributed by atoms with E-state index >= 15 is 0 Å². The van der Waals surface area contributed by atoms with Crippen molar-refractivity contribution in [1.82, 2.24) is 5.43 Å². The Morgan fingerprint density at radius 3 is 2.72 bits per heavy atom. The maximum atomic E-state index is 12.8. The Bertz CT molecular complexity index is 1150. The highest BCUT2D eigenvalue weighted by atomic mass is 79.9. The Hall–Kier alpha value is -2.60. The molecule has 0 saturated heterocycles. The minimum Gasteiger partial charge on any atom is -0.330 e. The molecule has 1 heterocycles. The van der Waals surface area contributed by atoms with Crippen molar-refractivity contribution in [2.75, 3.05) is 16.8 Å². The lowest BCUT2D eigenvalue weighted by Gasteiger charge is -2.13. The molecule has 1 aliphatic rings. The summed E-state index contributed by atoms with van der Waals surface area (Å²) < 4.78 is 24.2. The summed E-state index contributed by atoms with van der Waals surface area (Å²) in [6, 6.07) is 11.5. The lowest BCUT2D eigenvalue weighted by atomic mass is 10.1. The van der Waals surface area contributed by atoms with Crippen LogP contribution >= 0.6 is 28.1 Å². The first-order valence-corrected chi connectivity index (χ1v) is 11.0. The van der Waals surface area contributed by atoms with Crippen LogP contribution in [0.1, 0.15) is 5.56 Å². The number of thiocarbonyl (C=S) groups is 1. The van der Waals surface area contributed by atoms with Gasteiger partial charge >= 0.3 is 0 Å². The number of hydrogen-bond acceptors (Lipinski definition) is 5. The molecule has 0 atom stereocenters. The van der Waals surface area contributed by atoms with E-state index in [9.17, 15) is 13.2 Å². The minimum absolute atomic E-state index is 0.000109. The number of carbonyl (C=O) groups excluding carboxylic acids is 1. The van der Waals surface area contributed by atoms with Crippen molar-refractivity contribution >= 4 is 66.3 Å². The van der Waals surface area contributed by atoms with E-state index in [-0.39, 0.29) is 27.3 Å². The van der Waals surface area contributed by atoms with Gasteiger partial charge in [0, 0.05) is 16.6 Å². The molecule has 150 valence electrons. The van der Waals surface area contributed by atoms with Gasteiger partial charge in [-0.1, -0.05) is 34.1 Å². The van der Waals surface area contributed by atoms with Crippen LogP contribution in [0.4, 0.5) is 11.4 Å². The van der Waals surface area contributed by atoms with Crippen LogP contribution < -0.4 is 20.8 Å². The topological polar surface area (TPSA) is 117 Å². The Balaban J connectivity index is 1.85. The van der Waals surface area contributed by atoms with Crippen molar-refractivity contribution in [2.45, 2.75) is 4.90 Å². The lowest BCUT2D eigenvalue weighted by molar-refractivity contribution is -0.112. The minimum atomic E-state index is -3.94. The smallest absolute Gasteiger partial charge is 0.279 e. The molecule has 0 radical (unpaired) electrons. The van der Waals surface area contributed by atoms with Crippen molar-refractivity contribution in [3.63, 3.8) is 0 Å². The summed E-state index contributed by atoms with van der Waals surface area (Å²) >= 11 is 8.57. The fourth-order valence-electron chi connectivity index (χ4n) is 2.78. The van der Waals surface area contributed by atoms with Gasteiger partial charge in [0.1, 0.15) is 4.90 Å². The Morgan fingerprint density at radius 2 is 2.03 bits per heavy atom. The van der Waals surface area contributed by atoms with Crippen molar-refractivity contribution in [3.05, 3.63) is 65.2 Å². The normalized spacial score (nSPS) is 14.6. The van der Waals surface area contributed by atoms with Crippen molar-refractivity contribution in [1.29, 1.82) is 0 Å². The number of halogens is 1. The quantitative estimate of drug-likeness (QED) is 0.334. The third kappa shape index (κ3) is 4.53. The second-order valence-electron chi connectivity index (χ2n) is 5.93. The summed E-state index contributed by atoms with van der Waals surface area (Å²) in [5, 5.41) is 12.1. The third-order valence-electron chi connectivity index (χ3n) is 3.97. The molecule has 0 saturated carbocycles. The Kier molecular flexibility index (Phi) is 6.13. The van der Waals surface area contributed by atoms with Crippen molar-refractivity contribution in [3.8, 4) is 0 Å². The molecule has 4 N–H and O–H groups in total. The Labute approximate surface area is 181 Å². The van der Waals surface area contributed by atoms with E-state index in [1.807, 2.05) is 12.1 Å². The van der Waals surface area contributed by atoms with Crippen molar-refractivity contribution in [2.24, 2.45) is 10.2 Å². The molecule has 0 aromatic heterocycles. The molecule has 1 aliphatic heterocycles. The summed E-state index contributed by atoms with van der Waals surface area (Å²) in [6.45, 7) is 4.00. The maximum absolute atomic E-state index is 12.8. The van der Waals surface area contributed by atoms with Crippen LogP contribution in [0.2, 0.25) is 0 Å². The van der Waals surface area contributed by atoms with E-state index in [1.54, 1.807) is 29.2 Å². The summed E-state index contributed by atoms with van der Waals surface area (Å²) in [4.78, 5) is 14.2. The van der Waals surface area contributed by atoms with Gasteiger partial charge in [0.15, 0.2) is 10.8 Å². The molecule has 0 aliphatic carbocycles. The van der Waals surface area contributed by atoms with Gasteiger partial charge in [-0.2, -0.15) is 5.10 Å². The average Bonchev–Trinajstić information content (AvgIpc) is 2.91. The second kappa shape index (κ2) is 8.41. The number of fused-ring (bicyclic) bond motifs is 1. The van der Waals surface area contributed by atoms with E-state index in [0.717, 1.165) is 4.47 Å². The highest BCUT2D eigenvalue weighted by Crippen LogP contribution is 2.31. The van der Waals surface area contributed by atoms with Gasteiger partial charge in [-0.25, -0.2) is 13.6 Å². The molecule has 0 bridgehead atoms.